The molecular formula is C11H27ClN2O2. The molecule has 0 saturated carbocycles. The molecule has 0 saturated heterocycles. The summed E-state index contributed by atoms with van der Waals surface area (Å²) in [5.41, 5.74) is 0. The van der Waals surface area contributed by atoms with E-state index in [4.69, 9.17) is 9.47 Å². The van der Waals surface area contributed by atoms with E-state index in [1.165, 1.54) is 6.42 Å². The molecule has 100 valence electrons. The molecule has 4 nitrogen and oxygen atoms in total. The maximum Gasteiger partial charge on any atom is 0.0700 e. The number of nitrogens with one attached hydrogen (secondary N) is 1. The first-order valence-corrected chi connectivity index (χ1v) is 5.71. The van der Waals surface area contributed by atoms with Crippen LogP contribution >= 0.6 is 12.4 Å². The average molecular weight is 255 g/mol. The molecule has 0 bridgehead atoms. The van der Waals surface area contributed by atoms with E-state index in [0.29, 0.717) is 13.2 Å². The minimum absolute atomic E-state index is 0. The van der Waals surface area contributed by atoms with Crippen LogP contribution in [0.25, 0.3) is 0 Å². The van der Waals surface area contributed by atoms with Gasteiger partial charge in [-0.1, -0.05) is 0 Å². The summed E-state index contributed by atoms with van der Waals surface area (Å²) in [4.78, 5) is 2.34. The van der Waals surface area contributed by atoms with Gasteiger partial charge in [-0.15, -0.1) is 12.4 Å². The van der Waals surface area contributed by atoms with Crippen LogP contribution in [0.1, 0.15) is 12.8 Å². The highest BCUT2D eigenvalue weighted by molar-refractivity contribution is 5.85. The van der Waals surface area contributed by atoms with Gasteiger partial charge in [0.25, 0.3) is 0 Å². The van der Waals surface area contributed by atoms with Gasteiger partial charge in [0.2, 0.25) is 0 Å². The number of hydrogen-bond donors (Lipinski definition) is 1. The average Bonchev–Trinajstić information content (AvgIpc) is 2.23. The molecule has 0 unspecified atom stereocenters. The van der Waals surface area contributed by atoms with Gasteiger partial charge in [0.1, 0.15) is 0 Å². The Balaban J connectivity index is 0. The zero-order valence-corrected chi connectivity index (χ0v) is 11.6. The highest BCUT2D eigenvalue weighted by atomic mass is 35.5. The second-order valence-electron chi connectivity index (χ2n) is 3.72. The topological polar surface area (TPSA) is 33.7 Å². The van der Waals surface area contributed by atoms with E-state index in [1.54, 1.807) is 7.11 Å². The highest BCUT2D eigenvalue weighted by Crippen LogP contribution is 1.91. The van der Waals surface area contributed by atoms with Crippen molar-refractivity contribution in [2.45, 2.75) is 12.8 Å². The van der Waals surface area contributed by atoms with Gasteiger partial charge >= 0.3 is 0 Å². The van der Waals surface area contributed by atoms with Crippen LogP contribution in [-0.2, 0) is 9.47 Å². The van der Waals surface area contributed by atoms with Gasteiger partial charge in [0, 0.05) is 20.3 Å². The molecule has 0 rings (SSSR count). The van der Waals surface area contributed by atoms with E-state index in [1.807, 2.05) is 7.05 Å². The Morgan fingerprint density at radius 1 is 1.06 bits per heavy atom. The van der Waals surface area contributed by atoms with Crippen molar-refractivity contribution < 1.29 is 9.47 Å². The molecule has 0 spiro atoms. The molecule has 0 aromatic rings. The molecule has 0 aliphatic rings. The van der Waals surface area contributed by atoms with Gasteiger partial charge in [0.15, 0.2) is 0 Å². The smallest absolute Gasteiger partial charge is 0.0700 e. The normalized spacial score (nSPS) is 10.5. The SMILES string of the molecule is CNCCCN(C)CCCOCCOC.Cl. The summed E-state index contributed by atoms with van der Waals surface area (Å²) < 4.78 is 10.3. The predicted molar refractivity (Wildman–Crippen MR) is 70.6 cm³/mol. The molecule has 5 heteroatoms. The third kappa shape index (κ3) is 14.1. The summed E-state index contributed by atoms with van der Waals surface area (Å²) in [6.07, 6.45) is 2.30. The molecule has 0 aromatic heterocycles. The third-order valence-corrected chi connectivity index (χ3v) is 2.23. The summed E-state index contributed by atoms with van der Waals surface area (Å²) in [6.45, 7) is 5.59. The van der Waals surface area contributed by atoms with Gasteiger partial charge in [-0.2, -0.15) is 0 Å². The minimum atomic E-state index is 0. The summed E-state index contributed by atoms with van der Waals surface area (Å²) in [5, 5.41) is 3.15. The zero-order valence-electron chi connectivity index (χ0n) is 10.8. The van der Waals surface area contributed by atoms with Crippen LogP contribution in [0.15, 0.2) is 0 Å². The van der Waals surface area contributed by atoms with E-state index >= 15 is 0 Å². The fourth-order valence-electron chi connectivity index (χ4n) is 1.32. The molecule has 0 atom stereocenters. The lowest BCUT2D eigenvalue weighted by molar-refractivity contribution is 0.0662. The fourth-order valence-corrected chi connectivity index (χ4v) is 1.32. The first-order chi connectivity index (χ1) is 7.31. The van der Waals surface area contributed by atoms with Crippen LogP contribution in [0.5, 0.6) is 0 Å². The Morgan fingerprint density at radius 2 is 1.75 bits per heavy atom. The minimum Gasteiger partial charge on any atom is -0.382 e. The Kier molecular flexibility index (Phi) is 17.5. The van der Waals surface area contributed by atoms with Gasteiger partial charge in [-0.05, 0) is 40.0 Å². The molecule has 0 aromatic carbocycles. The van der Waals surface area contributed by atoms with Crippen molar-refractivity contribution in [3.8, 4) is 0 Å². The molecule has 0 amide bonds. The zero-order chi connectivity index (χ0) is 11.4. The first-order valence-electron chi connectivity index (χ1n) is 5.71. The predicted octanol–water partition coefficient (Wildman–Crippen LogP) is 1.00. The second-order valence-corrected chi connectivity index (χ2v) is 3.72. The van der Waals surface area contributed by atoms with Crippen LogP contribution in [0.3, 0.4) is 0 Å². The van der Waals surface area contributed by atoms with E-state index in [2.05, 4.69) is 17.3 Å². The van der Waals surface area contributed by atoms with Crippen molar-refractivity contribution in [1.29, 1.82) is 0 Å². The van der Waals surface area contributed by atoms with E-state index in [-0.39, 0.29) is 12.4 Å². The number of rotatable bonds is 11. The Hall–Kier alpha value is 0.130. The standard InChI is InChI=1S/C11H26N2O2.ClH/c1-12-6-4-7-13(2)8-5-9-15-11-10-14-3;/h12H,4-11H2,1-3H3;1H. The second kappa shape index (κ2) is 15.1. The van der Waals surface area contributed by atoms with Crippen molar-refractivity contribution >= 4 is 12.4 Å². The molecule has 0 radical (unpaired) electrons. The molecule has 0 fully saturated rings. The maximum atomic E-state index is 5.39. The fraction of sp³-hybridized carbons (Fsp3) is 1.00. The number of nitrogens with zero attached hydrogens (tertiary/aromatic N) is 1. The lowest BCUT2D eigenvalue weighted by atomic mass is 10.3. The van der Waals surface area contributed by atoms with Crippen LogP contribution in [0.2, 0.25) is 0 Å². The number of ether oxygens (including phenoxy) is 2. The van der Waals surface area contributed by atoms with Crippen LogP contribution in [0.4, 0.5) is 0 Å². The van der Waals surface area contributed by atoms with Gasteiger partial charge in [0.05, 0.1) is 13.2 Å². The molecule has 0 aliphatic carbocycles. The van der Waals surface area contributed by atoms with Crippen molar-refractivity contribution in [3.63, 3.8) is 0 Å². The molecule has 1 N–H and O–H groups in total. The third-order valence-electron chi connectivity index (χ3n) is 2.23. The van der Waals surface area contributed by atoms with Crippen LogP contribution in [-0.4, -0.2) is 65.6 Å². The molecular weight excluding hydrogens is 228 g/mol. The number of methoxy groups -OCH3 is 1. The Morgan fingerprint density at radius 3 is 2.38 bits per heavy atom. The quantitative estimate of drug-likeness (QED) is 0.558. The first kappa shape index (κ1) is 18.5. The highest BCUT2D eigenvalue weighted by Gasteiger charge is 1.97. The van der Waals surface area contributed by atoms with Crippen molar-refractivity contribution in [3.05, 3.63) is 0 Å². The monoisotopic (exact) mass is 254 g/mol. The van der Waals surface area contributed by atoms with Crippen LogP contribution < -0.4 is 5.32 Å². The summed E-state index contributed by atoms with van der Waals surface area (Å²) in [6, 6.07) is 0. The lowest BCUT2D eigenvalue weighted by Crippen LogP contribution is -2.24. The van der Waals surface area contributed by atoms with Crippen molar-refractivity contribution in [1.82, 2.24) is 10.2 Å². The van der Waals surface area contributed by atoms with E-state index in [9.17, 15) is 0 Å². The van der Waals surface area contributed by atoms with Gasteiger partial charge in [-0.25, -0.2) is 0 Å². The number of halogens is 1. The summed E-state index contributed by atoms with van der Waals surface area (Å²) >= 11 is 0. The van der Waals surface area contributed by atoms with Crippen LogP contribution in [0, 0.1) is 0 Å². The molecule has 0 heterocycles. The maximum absolute atomic E-state index is 5.39. The number of hydrogen-bond acceptors (Lipinski definition) is 4. The Labute approximate surface area is 106 Å². The Bertz CT molecular complexity index is 129. The largest absolute Gasteiger partial charge is 0.382 e. The molecule has 0 aliphatic heterocycles. The lowest BCUT2D eigenvalue weighted by Gasteiger charge is -2.16. The van der Waals surface area contributed by atoms with Crippen molar-refractivity contribution in [2.75, 3.05) is 60.7 Å². The van der Waals surface area contributed by atoms with E-state index < -0.39 is 0 Å². The molecule has 16 heavy (non-hydrogen) atoms. The van der Waals surface area contributed by atoms with E-state index in [0.717, 1.165) is 32.7 Å². The summed E-state index contributed by atoms with van der Waals surface area (Å²) in [5.74, 6) is 0. The van der Waals surface area contributed by atoms with Crippen molar-refractivity contribution in [2.24, 2.45) is 0 Å². The van der Waals surface area contributed by atoms with Gasteiger partial charge < -0.3 is 19.7 Å². The van der Waals surface area contributed by atoms with Gasteiger partial charge in [-0.3, -0.25) is 0 Å². The summed E-state index contributed by atoms with van der Waals surface area (Å²) in [7, 11) is 5.84.